The molecule has 0 aliphatic heterocycles. The smallest absolute Gasteiger partial charge is 0.271 e. The van der Waals surface area contributed by atoms with E-state index >= 15 is 0 Å². The van der Waals surface area contributed by atoms with Crippen LogP contribution in [0.2, 0.25) is 0 Å². The van der Waals surface area contributed by atoms with Crippen LogP contribution in [-0.2, 0) is 11.8 Å². The van der Waals surface area contributed by atoms with Gasteiger partial charge in [-0.1, -0.05) is 74.5 Å². The van der Waals surface area contributed by atoms with Crippen molar-refractivity contribution in [1.29, 1.82) is 0 Å². The molecule has 6 nitrogen and oxygen atoms in total. The van der Waals surface area contributed by atoms with Gasteiger partial charge in [0.15, 0.2) is 0 Å². The lowest BCUT2D eigenvalue weighted by atomic mass is 10.0. The van der Waals surface area contributed by atoms with Crippen molar-refractivity contribution < 1.29 is 9.59 Å². The van der Waals surface area contributed by atoms with Gasteiger partial charge >= 0.3 is 0 Å². The van der Waals surface area contributed by atoms with Gasteiger partial charge in [0.05, 0.1) is 11.9 Å². The lowest BCUT2D eigenvalue weighted by Gasteiger charge is -2.12. The number of nitrogens with one attached hydrogen (secondary N) is 2. The number of benzene rings is 2. The molecular weight excluding hydrogens is 376 g/mol. The molecule has 3 rings (SSSR count). The summed E-state index contributed by atoms with van der Waals surface area (Å²) in [5.74, 6) is -0.262. The van der Waals surface area contributed by atoms with Crippen molar-refractivity contribution in [3.8, 4) is 0 Å². The van der Waals surface area contributed by atoms with Gasteiger partial charge in [-0.15, -0.1) is 0 Å². The third kappa shape index (κ3) is 5.23. The topological polar surface area (TPSA) is 76.0 Å². The molecule has 0 unspecified atom stereocenters. The van der Waals surface area contributed by atoms with Crippen molar-refractivity contribution in [3.63, 3.8) is 0 Å². The van der Waals surface area contributed by atoms with E-state index in [0.717, 1.165) is 11.1 Å². The molecular formula is C24H26N4O2. The van der Waals surface area contributed by atoms with E-state index in [-0.39, 0.29) is 11.8 Å². The molecule has 1 aromatic heterocycles. The average Bonchev–Trinajstić information content (AvgIpc) is 3.11. The van der Waals surface area contributed by atoms with Crippen molar-refractivity contribution in [1.82, 2.24) is 15.1 Å². The maximum Gasteiger partial charge on any atom is 0.271 e. The van der Waals surface area contributed by atoms with Crippen LogP contribution in [-0.4, -0.2) is 28.1 Å². The zero-order valence-corrected chi connectivity index (χ0v) is 17.4. The predicted octanol–water partition coefficient (Wildman–Crippen LogP) is 3.99. The van der Waals surface area contributed by atoms with Crippen molar-refractivity contribution >= 4 is 29.2 Å². The number of hydrogen-bond donors (Lipinski definition) is 2. The molecule has 30 heavy (non-hydrogen) atoms. The Kier molecular flexibility index (Phi) is 6.80. The van der Waals surface area contributed by atoms with Gasteiger partial charge in [0.2, 0.25) is 0 Å². The first-order valence-electron chi connectivity index (χ1n) is 9.89. The lowest BCUT2D eigenvalue weighted by molar-refractivity contribution is -0.111. The molecule has 0 spiro atoms. The van der Waals surface area contributed by atoms with Crippen molar-refractivity contribution in [2.45, 2.75) is 13.8 Å². The zero-order valence-electron chi connectivity index (χ0n) is 17.4. The highest BCUT2D eigenvalue weighted by molar-refractivity contribution is 6.29. The van der Waals surface area contributed by atoms with E-state index in [1.54, 1.807) is 7.05 Å². The fourth-order valence-corrected chi connectivity index (χ4v) is 2.98. The molecule has 0 atom stereocenters. The van der Waals surface area contributed by atoms with E-state index in [1.807, 2.05) is 80.6 Å². The Hall–Kier alpha value is -3.67. The van der Waals surface area contributed by atoms with E-state index in [0.29, 0.717) is 29.4 Å². The van der Waals surface area contributed by atoms with Crippen molar-refractivity contribution in [2.75, 3.05) is 11.9 Å². The Morgan fingerprint density at radius 3 is 2.30 bits per heavy atom. The van der Waals surface area contributed by atoms with Gasteiger partial charge < -0.3 is 10.6 Å². The minimum atomic E-state index is -0.309. The number of aromatic nitrogens is 2. The van der Waals surface area contributed by atoms with Crippen LogP contribution < -0.4 is 10.6 Å². The summed E-state index contributed by atoms with van der Waals surface area (Å²) < 4.78 is 1.47. The first-order valence-corrected chi connectivity index (χ1v) is 9.89. The van der Waals surface area contributed by atoms with Gasteiger partial charge in [0.1, 0.15) is 5.69 Å². The Balaban J connectivity index is 1.91. The van der Waals surface area contributed by atoms with Crippen LogP contribution in [0.3, 0.4) is 0 Å². The van der Waals surface area contributed by atoms with E-state index < -0.39 is 0 Å². The third-order valence-electron chi connectivity index (χ3n) is 4.51. The number of carbonyl (C=O) groups is 2. The Morgan fingerprint density at radius 2 is 1.67 bits per heavy atom. The van der Waals surface area contributed by atoms with E-state index in [9.17, 15) is 9.59 Å². The number of carbonyl (C=O) groups excluding carboxylic acids is 2. The number of amides is 2. The summed E-state index contributed by atoms with van der Waals surface area (Å²) in [6, 6.07) is 19.1. The molecule has 0 aliphatic carbocycles. The maximum absolute atomic E-state index is 13.2. The monoisotopic (exact) mass is 402 g/mol. The fraction of sp³-hybridized carbons (Fsp3) is 0.208. The van der Waals surface area contributed by atoms with E-state index in [4.69, 9.17) is 0 Å². The minimum Gasteiger partial charge on any atom is -0.350 e. The molecule has 3 aromatic rings. The van der Waals surface area contributed by atoms with Crippen LogP contribution in [0.15, 0.2) is 66.9 Å². The maximum atomic E-state index is 13.2. The minimum absolute atomic E-state index is 0.271. The molecule has 6 heteroatoms. The van der Waals surface area contributed by atoms with Crippen LogP contribution in [0.5, 0.6) is 0 Å². The highest BCUT2D eigenvalue weighted by Crippen LogP contribution is 2.22. The number of rotatable bonds is 7. The van der Waals surface area contributed by atoms with Gasteiger partial charge in [0.25, 0.3) is 11.8 Å². The second-order valence-corrected chi connectivity index (χ2v) is 7.42. The van der Waals surface area contributed by atoms with E-state index in [2.05, 4.69) is 15.7 Å². The normalized spacial score (nSPS) is 11.4. The number of aryl methyl sites for hydroxylation is 1. The van der Waals surface area contributed by atoms with Gasteiger partial charge in [0, 0.05) is 19.2 Å². The molecule has 0 saturated heterocycles. The molecule has 2 amide bonds. The Labute approximate surface area is 176 Å². The van der Waals surface area contributed by atoms with Crippen LogP contribution >= 0.6 is 0 Å². The number of hydrogen-bond acceptors (Lipinski definition) is 3. The van der Waals surface area contributed by atoms with Crippen LogP contribution in [0.1, 0.15) is 35.5 Å². The second-order valence-electron chi connectivity index (χ2n) is 7.42. The van der Waals surface area contributed by atoms with Gasteiger partial charge in [-0.25, -0.2) is 0 Å². The van der Waals surface area contributed by atoms with Gasteiger partial charge in [-0.2, -0.15) is 5.10 Å². The van der Waals surface area contributed by atoms with E-state index in [1.165, 1.54) is 10.9 Å². The SMILES string of the molecule is CC(C)CNC(=O)c1c(NC(=O)/C(=C\c2ccccc2)c2ccccc2)cnn1C. The largest absolute Gasteiger partial charge is 0.350 e. The van der Waals surface area contributed by atoms with Crippen LogP contribution in [0.4, 0.5) is 5.69 Å². The lowest BCUT2D eigenvalue weighted by Crippen LogP contribution is -2.30. The molecule has 1 heterocycles. The summed E-state index contributed by atoms with van der Waals surface area (Å²) in [7, 11) is 1.68. The molecule has 2 aromatic carbocycles. The van der Waals surface area contributed by atoms with Gasteiger partial charge in [-0.05, 0) is 23.1 Å². The molecule has 0 saturated carbocycles. The number of anilines is 1. The fourth-order valence-electron chi connectivity index (χ4n) is 2.98. The first-order chi connectivity index (χ1) is 14.5. The summed E-state index contributed by atoms with van der Waals surface area (Å²) >= 11 is 0. The predicted molar refractivity (Wildman–Crippen MR) is 120 cm³/mol. The second kappa shape index (κ2) is 9.69. The molecule has 0 bridgehead atoms. The Bertz CT molecular complexity index is 1040. The zero-order chi connectivity index (χ0) is 21.5. The average molecular weight is 402 g/mol. The highest BCUT2D eigenvalue weighted by Gasteiger charge is 2.21. The quantitative estimate of drug-likeness (QED) is 0.464. The molecule has 2 N–H and O–H groups in total. The summed E-state index contributed by atoms with van der Waals surface area (Å²) in [4.78, 5) is 25.8. The highest BCUT2D eigenvalue weighted by atomic mass is 16.2. The molecule has 154 valence electrons. The van der Waals surface area contributed by atoms with Crippen LogP contribution in [0.25, 0.3) is 11.6 Å². The summed E-state index contributed by atoms with van der Waals surface area (Å²) in [6.07, 6.45) is 3.33. The number of nitrogens with zero attached hydrogens (tertiary/aromatic N) is 2. The summed E-state index contributed by atoms with van der Waals surface area (Å²) in [5.41, 5.74) is 2.88. The summed E-state index contributed by atoms with van der Waals surface area (Å²) in [5, 5.41) is 9.90. The molecule has 0 aliphatic rings. The third-order valence-corrected chi connectivity index (χ3v) is 4.51. The standard InChI is InChI=1S/C24H26N4O2/c1-17(2)15-25-24(30)22-21(16-26-28(22)3)27-23(29)20(19-12-8-5-9-13-19)14-18-10-6-4-7-11-18/h4-14,16-17H,15H2,1-3H3,(H,25,30)(H,27,29)/b20-14-. The van der Waals surface area contributed by atoms with Crippen molar-refractivity contribution in [2.24, 2.45) is 13.0 Å². The van der Waals surface area contributed by atoms with Gasteiger partial charge in [-0.3, -0.25) is 14.3 Å². The molecule has 0 radical (unpaired) electrons. The van der Waals surface area contributed by atoms with Crippen molar-refractivity contribution in [3.05, 3.63) is 83.7 Å². The first kappa shape index (κ1) is 21.0. The summed E-state index contributed by atoms with van der Waals surface area (Å²) in [6.45, 7) is 4.58. The van der Waals surface area contributed by atoms with Crippen LogP contribution in [0, 0.1) is 5.92 Å². The molecule has 0 fully saturated rings. The Morgan fingerprint density at radius 1 is 1.03 bits per heavy atom.